The summed E-state index contributed by atoms with van der Waals surface area (Å²) < 4.78 is 0. The maximum absolute atomic E-state index is 9.41. The minimum Gasteiger partial charge on any atom is -0.392 e. The molecule has 0 saturated heterocycles. The van der Waals surface area contributed by atoms with E-state index in [0.29, 0.717) is 0 Å². The number of hydrogen-bond donors (Lipinski definition) is 4. The van der Waals surface area contributed by atoms with Crippen LogP contribution in [0.4, 0.5) is 0 Å². The topological polar surface area (TPSA) is 80.9 Å². The average molecular weight is 528 g/mol. The van der Waals surface area contributed by atoms with E-state index in [9.17, 15) is 20.4 Å². The minimum absolute atomic E-state index is 0.130. The molecule has 2 aromatic carbocycles. The number of rotatable bonds is 18. The third-order valence-corrected chi connectivity index (χ3v) is 14.7. The molecule has 184 valence electrons. The molecular formula is C25H40O4P4. The predicted octanol–water partition coefficient (Wildman–Crippen LogP) is 4.53. The van der Waals surface area contributed by atoms with Gasteiger partial charge in [0.05, 0.1) is 25.4 Å². The molecular weight excluding hydrogens is 488 g/mol. The molecule has 0 bridgehead atoms. The van der Waals surface area contributed by atoms with Gasteiger partial charge in [-0.2, -0.15) is 0 Å². The first kappa shape index (κ1) is 29.2. The van der Waals surface area contributed by atoms with Crippen molar-refractivity contribution in [1.82, 2.24) is 0 Å². The Morgan fingerprint density at radius 1 is 0.424 bits per heavy atom. The third-order valence-electron chi connectivity index (χ3n) is 5.70. The highest BCUT2D eigenvalue weighted by Gasteiger charge is 2.16. The molecule has 2 unspecified atom stereocenters. The Labute approximate surface area is 204 Å². The van der Waals surface area contributed by atoms with Gasteiger partial charge in [-0.15, -0.1) is 0 Å². The normalized spacial score (nSPS) is 13.5. The van der Waals surface area contributed by atoms with Gasteiger partial charge in [0.25, 0.3) is 0 Å². The lowest BCUT2D eigenvalue weighted by atomic mass is 10.4. The maximum atomic E-state index is 9.41. The quantitative estimate of drug-likeness (QED) is 0.214. The van der Waals surface area contributed by atoms with Gasteiger partial charge in [-0.1, -0.05) is 92.4 Å². The second-order valence-electron chi connectivity index (χ2n) is 8.06. The van der Waals surface area contributed by atoms with Gasteiger partial charge in [0.2, 0.25) is 0 Å². The molecule has 0 spiro atoms. The lowest BCUT2D eigenvalue weighted by molar-refractivity contribution is 0.343. The summed E-state index contributed by atoms with van der Waals surface area (Å²) in [5.41, 5.74) is 0. The Hall–Kier alpha value is 0. The SMILES string of the molecule is OCP(CO)CCCP(CCCP(CCCP(CO)CO)c1ccccc1)c1ccccc1. The molecule has 0 aliphatic heterocycles. The summed E-state index contributed by atoms with van der Waals surface area (Å²) in [6.07, 6.45) is 10.6. The van der Waals surface area contributed by atoms with E-state index in [1.54, 1.807) is 0 Å². The largest absolute Gasteiger partial charge is 0.392 e. The molecule has 0 radical (unpaired) electrons. The Balaban J connectivity index is 1.94. The van der Waals surface area contributed by atoms with Crippen LogP contribution in [0.2, 0.25) is 0 Å². The van der Waals surface area contributed by atoms with Gasteiger partial charge in [0.15, 0.2) is 0 Å². The molecule has 0 amide bonds. The first-order chi connectivity index (χ1) is 16.2. The van der Waals surface area contributed by atoms with Gasteiger partial charge in [-0.05, 0) is 66.8 Å². The summed E-state index contributed by atoms with van der Waals surface area (Å²) in [6.45, 7) is 0. The Morgan fingerprint density at radius 3 is 1.03 bits per heavy atom. The van der Waals surface area contributed by atoms with Crippen molar-refractivity contribution < 1.29 is 20.4 Å². The van der Waals surface area contributed by atoms with Crippen molar-refractivity contribution in [1.29, 1.82) is 0 Å². The number of aliphatic hydroxyl groups is 4. The summed E-state index contributed by atoms with van der Waals surface area (Å²) in [5.74, 6) is 0. The zero-order chi connectivity index (χ0) is 23.7. The standard InChI is InChI=1S/C25H40O4P4/c26-20-30(21-27)14-7-16-32(24-10-3-1-4-11-24)18-9-19-33(25-12-5-2-6-13-25)17-8-15-31(22-28)23-29/h1-6,10-13,26-29H,7-9,14-23H2. The van der Waals surface area contributed by atoms with Gasteiger partial charge in [-0.3, -0.25) is 0 Å². The van der Waals surface area contributed by atoms with Crippen LogP contribution in [0.5, 0.6) is 0 Å². The van der Waals surface area contributed by atoms with Crippen molar-refractivity contribution in [3.63, 3.8) is 0 Å². The molecule has 2 aromatic rings. The van der Waals surface area contributed by atoms with Gasteiger partial charge >= 0.3 is 0 Å². The third kappa shape index (κ3) is 11.5. The second kappa shape index (κ2) is 18.3. The lowest BCUT2D eigenvalue weighted by Crippen LogP contribution is -2.11. The summed E-state index contributed by atoms with van der Waals surface area (Å²) in [6, 6.07) is 21.8. The molecule has 0 aromatic heterocycles. The number of aliphatic hydroxyl groups excluding tert-OH is 4. The highest BCUT2D eigenvalue weighted by Crippen LogP contribution is 2.43. The van der Waals surface area contributed by atoms with Crippen LogP contribution in [-0.2, 0) is 0 Å². The number of benzene rings is 2. The molecule has 0 aliphatic rings. The molecule has 2 rings (SSSR count). The molecule has 4 N–H and O–H groups in total. The van der Waals surface area contributed by atoms with Crippen LogP contribution in [0, 0.1) is 0 Å². The first-order valence-corrected chi connectivity index (χ1v) is 18.9. The highest BCUT2D eigenvalue weighted by molar-refractivity contribution is 7.66. The Bertz CT molecular complexity index is 653. The summed E-state index contributed by atoms with van der Waals surface area (Å²) in [5, 5.41) is 40.5. The summed E-state index contributed by atoms with van der Waals surface area (Å²) >= 11 is 0. The fourth-order valence-corrected chi connectivity index (χ4v) is 11.3. The van der Waals surface area contributed by atoms with Crippen molar-refractivity contribution in [2.75, 3.05) is 62.4 Å². The van der Waals surface area contributed by atoms with Gasteiger partial charge in [-0.25, -0.2) is 0 Å². The molecule has 0 heterocycles. The first-order valence-electron chi connectivity index (χ1n) is 11.7. The number of hydrogen-bond acceptors (Lipinski definition) is 4. The summed E-state index contributed by atoms with van der Waals surface area (Å²) in [4.78, 5) is 0. The Morgan fingerprint density at radius 2 is 0.727 bits per heavy atom. The van der Waals surface area contributed by atoms with Crippen LogP contribution in [-0.4, -0.2) is 82.8 Å². The van der Waals surface area contributed by atoms with Crippen molar-refractivity contribution in [2.24, 2.45) is 0 Å². The van der Waals surface area contributed by atoms with Crippen LogP contribution in [0.25, 0.3) is 0 Å². The lowest BCUT2D eigenvalue weighted by Gasteiger charge is -2.23. The van der Waals surface area contributed by atoms with E-state index in [-0.39, 0.29) is 41.2 Å². The molecule has 0 aliphatic carbocycles. The predicted molar refractivity (Wildman–Crippen MR) is 151 cm³/mol. The van der Waals surface area contributed by atoms with E-state index in [1.165, 1.54) is 41.7 Å². The maximum Gasteiger partial charge on any atom is 0.0646 e. The Kier molecular flexibility index (Phi) is 16.2. The van der Waals surface area contributed by atoms with Crippen molar-refractivity contribution in [3.8, 4) is 0 Å². The van der Waals surface area contributed by atoms with E-state index in [2.05, 4.69) is 60.7 Å². The fourth-order valence-electron chi connectivity index (χ4n) is 3.81. The monoisotopic (exact) mass is 528 g/mol. The van der Waals surface area contributed by atoms with E-state index in [4.69, 9.17) is 0 Å². The molecule has 8 heteroatoms. The average Bonchev–Trinajstić information content (AvgIpc) is 2.88. The van der Waals surface area contributed by atoms with E-state index in [1.807, 2.05) is 0 Å². The van der Waals surface area contributed by atoms with Crippen molar-refractivity contribution in [3.05, 3.63) is 60.7 Å². The van der Waals surface area contributed by atoms with Crippen LogP contribution in [0.3, 0.4) is 0 Å². The molecule has 0 saturated carbocycles. The fraction of sp³-hybridized carbons (Fsp3) is 0.520. The zero-order valence-electron chi connectivity index (χ0n) is 19.5. The minimum atomic E-state index is -0.634. The van der Waals surface area contributed by atoms with E-state index < -0.39 is 15.8 Å². The van der Waals surface area contributed by atoms with Crippen LogP contribution in [0.1, 0.15) is 19.3 Å². The van der Waals surface area contributed by atoms with Gasteiger partial charge in [0.1, 0.15) is 0 Å². The molecule has 2 atom stereocenters. The van der Waals surface area contributed by atoms with E-state index in [0.717, 1.165) is 25.2 Å². The summed E-state index contributed by atoms with van der Waals surface area (Å²) in [7, 11) is -1.73. The smallest absolute Gasteiger partial charge is 0.0646 e. The van der Waals surface area contributed by atoms with Gasteiger partial charge in [0, 0.05) is 0 Å². The zero-order valence-corrected chi connectivity index (χ0v) is 23.1. The van der Waals surface area contributed by atoms with Crippen LogP contribution >= 0.6 is 31.7 Å². The highest BCUT2D eigenvalue weighted by atomic mass is 31.1. The van der Waals surface area contributed by atoms with Crippen molar-refractivity contribution >= 4 is 42.3 Å². The van der Waals surface area contributed by atoms with Crippen molar-refractivity contribution in [2.45, 2.75) is 19.3 Å². The van der Waals surface area contributed by atoms with E-state index >= 15 is 0 Å². The molecule has 33 heavy (non-hydrogen) atoms. The molecule has 0 fully saturated rings. The van der Waals surface area contributed by atoms with Crippen LogP contribution < -0.4 is 10.6 Å². The second-order valence-corrected chi connectivity index (χ2v) is 17.8. The van der Waals surface area contributed by atoms with Crippen LogP contribution in [0.15, 0.2) is 60.7 Å². The molecule has 4 nitrogen and oxygen atoms in total. The van der Waals surface area contributed by atoms with Gasteiger partial charge < -0.3 is 20.4 Å².